The molecule has 0 radical (unpaired) electrons. The Morgan fingerprint density at radius 2 is 2.16 bits per heavy atom. The molecule has 1 aliphatic rings. The van der Waals surface area contributed by atoms with Crippen LogP contribution in [0.3, 0.4) is 0 Å². The van der Waals surface area contributed by atoms with Gasteiger partial charge in [-0.1, -0.05) is 18.2 Å². The summed E-state index contributed by atoms with van der Waals surface area (Å²) >= 11 is 0. The first-order chi connectivity index (χ1) is 11.7. The smallest absolute Gasteiger partial charge is 0.337 e. The van der Waals surface area contributed by atoms with E-state index in [1.807, 2.05) is 24.3 Å². The highest BCUT2D eigenvalue weighted by atomic mass is 35.5. The number of methoxy groups -OCH3 is 1. The van der Waals surface area contributed by atoms with E-state index in [9.17, 15) is 9.90 Å². The van der Waals surface area contributed by atoms with Crippen LogP contribution in [0.1, 0.15) is 34.0 Å². The summed E-state index contributed by atoms with van der Waals surface area (Å²) in [5.74, 6) is 0.321. The van der Waals surface area contributed by atoms with Crippen LogP contribution in [0.5, 0.6) is 5.75 Å². The monoisotopic (exact) mass is 362 g/mol. The van der Waals surface area contributed by atoms with Crippen molar-refractivity contribution in [1.29, 1.82) is 0 Å². The Bertz CT molecular complexity index is 717. The van der Waals surface area contributed by atoms with Crippen LogP contribution < -0.4 is 10.1 Å². The first kappa shape index (κ1) is 19.2. The summed E-state index contributed by atoms with van der Waals surface area (Å²) in [5, 5.41) is 12.9. The Hall–Kier alpha value is -2.11. The molecule has 2 atom stereocenters. The van der Waals surface area contributed by atoms with Crippen molar-refractivity contribution in [2.24, 2.45) is 5.92 Å². The van der Waals surface area contributed by atoms with Crippen LogP contribution in [0.25, 0.3) is 0 Å². The largest absolute Gasteiger partial charge is 0.496 e. The number of carboxylic acids is 1. The van der Waals surface area contributed by atoms with Crippen molar-refractivity contribution >= 4 is 18.4 Å². The van der Waals surface area contributed by atoms with Gasteiger partial charge < -0.3 is 15.2 Å². The van der Waals surface area contributed by atoms with Gasteiger partial charge in [0.25, 0.3) is 0 Å². The summed E-state index contributed by atoms with van der Waals surface area (Å²) in [7, 11) is 1.66. The SMILES string of the molecule is COc1ccccc1CC(c1ncccc1C(=O)O)C1CCNC1.Cl. The molecule has 134 valence electrons. The van der Waals surface area contributed by atoms with Crippen LogP contribution in [-0.2, 0) is 6.42 Å². The van der Waals surface area contributed by atoms with Crippen LogP contribution in [0.4, 0.5) is 0 Å². The summed E-state index contributed by atoms with van der Waals surface area (Å²) in [6.07, 6.45) is 3.42. The minimum absolute atomic E-state index is 0. The minimum Gasteiger partial charge on any atom is -0.496 e. The second kappa shape index (κ2) is 8.83. The molecule has 1 fully saturated rings. The van der Waals surface area contributed by atoms with Crippen LogP contribution in [0.2, 0.25) is 0 Å². The second-order valence-electron chi connectivity index (χ2n) is 6.12. The van der Waals surface area contributed by atoms with E-state index >= 15 is 0 Å². The van der Waals surface area contributed by atoms with Crippen LogP contribution in [0.15, 0.2) is 42.6 Å². The van der Waals surface area contributed by atoms with E-state index < -0.39 is 5.97 Å². The highest BCUT2D eigenvalue weighted by Gasteiger charge is 2.31. The topological polar surface area (TPSA) is 71.5 Å². The molecule has 3 rings (SSSR count). The number of hydrogen-bond donors (Lipinski definition) is 2. The summed E-state index contributed by atoms with van der Waals surface area (Å²) in [6, 6.07) is 11.2. The molecule has 0 aliphatic carbocycles. The Labute approximate surface area is 153 Å². The first-order valence-electron chi connectivity index (χ1n) is 8.21. The lowest BCUT2D eigenvalue weighted by Crippen LogP contribution is -2.22. The van der Waals surface area contributed by atoms with Crippen LogP contribution >= 0.6 is 12.4 Å². The number of aromatic carboxylic acids is 1. The number of pyridine rings is 1. The van der Waals surface area contributed by atoms with Gasteiger partial charge in [0.1, 0.15) is 5.75 Å². The number of halogens is 1. The normalized spacial score (nSPS) is 17.6. The van der Waals surface area contributed by atoms with Crippen molar-refractivity contribution in [3.05, 3.63) is 59.4 Å². The van der Waals surface area contributed by atoms with Gasteiger partial charge in [-0.3, -0.25) is 4.98 Å². The van der Waals surface area contributed by atoms with Crippen molar-refractivity contribution in [1.82, 2.24) is 10.3 Å². The number of carbonyl (C=O) groups is 1. The predicted octanol–water partition coefficient (Wildman–Crippen LogP) is 3.15. The third-order valence-corrected chi connectivity index (χ3v) is 4.72. The molecular formula is C19H23ClN2O3. The van der Waals surface area contributed by atoms with Crippen molar-refractivity contribution < 1.29 is 14.6 Å². The summed E-state index contributed by atoms with van der Waals surface area (Å²) in [5.41, 5.74) is 2.05. The van der Waals surface area contributed by atoms with E-state index in [1.165, 1.54) is 0 Å². The fourth-order valence-electron chi connectivity index (χ4n) is 3.51. The van der Waals surface area contributed by atoms with E-state index in [1.54, 1.807) is 25.4 Å². The number of benzene rings is 1. The molecule has 6 heteroatoms. The van der Waals surface area contributed by atoms with Crippen molar-refractivity contribution in [2.75, 3.05) is 20.2 Å². The number of para-hydroxylation sites is 1. The predicted molar refractivity (Wildman–Crippen MR) is 98.9 cm³/mol. The van der Waals surface area contributed by atoms with Crippen molar-refractivity contribution in [3.63, 3.8) is 0 Å². The Morgan fingerprint density at radius 1 is 1.36 bits per heavy atom. The molecule has 2 aromatic rings. The zero-order chi connectivity index (χ0) is 16.9. The molecule has 2 N–H and O–H groups in total. The van der Waals surface area contributed by atoms with Crippen molar-refractivity contribution in [3.8, 4) is 5.75 Å². The molecule has 0 spiro atoms. The van der Waals surface area contributed by atoms with Gasteiger partial charge in [0.05, 0.1) is 18.4 Å². The van der Waals surface area contributed by atoms with Gasteiger partial charge in [0.15, 0.2) is 0 Å². The first-order valence-corrected chi connectivity index (χ1v) is 8.21. The number of rotatable bonds is 6. The maximum atomic E-state index is 11.6. The van der Waals surface area contributed by atoms with Gasteiger partial charge in [-0.15, -0.1) is 12.4 Å². The molecule has 2 unspecified atom stereocenters. The van der Waals surface area contributed by atoms with E-state index in [-0.39, 0.29) is 18.3 Å². The van der Waals surface area contributed by atoms with Crippen LogP contribution in [-0.4, -0.2) is 36.3 Å². The number of aromatic nitrogens is 1. The molecular weight excluding hydrogens is 340 g/mol. The van der Waals surface area contributed by atoms with Gasteiger partial charge in [-0.05, 0) is 55.6 Å². The van der Waals surface area contributed by atoms with E-state index in [0.717, 1.165) is 30.8 Å². The highest BCUT2D eigenvalue weighted by molar-refractivity contribution is 5.89. The zero-order valence-electron chi connectivity index (χ0n) is 14.1. The molecule has 0 bridgehead atoms. The minimum atomic E-state index is -0.922. The standard InChI is InChI=1S/C19H22N2O3.ClH/c1-24-17-7-3-2-5-13(17)11-16(14-8-10-20-12-14)18-15(19(22)23)6-4-9-21-18;/h2-7,9,14,16,20H,8,10-12H2,1H3,(H,22,23);1H. The Morgan fingerprint density at radius 3 is 2.84 bits per heavy atom. The second-order valence-corrected chi connectivity index (χ2v) is 6.12. The lowest BCUT2D eigenvalue weighted by Gasteiger charge is -2.24. The van der Waals surface area contributed by atoms with E-state index in [4.69, 9.17) is 4.74 Å². The lowest BCUT2D eigenvalue weighted by atomic mass is 9.81. The molecule has 0 amide bonds. The van der Waals surface area contributed by atoms with Gasteiger partial charge in [0, 0.05) is 12.1 Å². The molecule has 2 heterocycles. The molecule has 25 heavy (non-hydrogen) atoms. The Kier molecular flexibility index (Phi) is 6.79. The summed E-state index contributed by atoms with van der Waals surface area (Å²) in [4.78, 5) is 16.1. The van der Waals surface area contributed by atoms with E-state index in [0.29, 0.717) is 23.6 Å². The highest BCUT2D eigenvalue weighted by Crippen LogP contribution is 2.35. The maximum Gasteiger partial charge on any atom is 0.337 e. The van der Waals surface area contributed by atoms with Gasteiger partial charge in [-0.25, -0.2) is 4.79 Å². The lowest BCUT2D eigenvalue weighted by molar-refractivity contribution is 0.0694. The van der Waals surface area contributed by atoms with Crippen molar-refractivity contribution in [2.45, 2.75) is 18.8 Å². The van der Waals surface area contributed by atoms with Gasteiger partial charge in [0.2, 0.25) is 0 Å². The quantitative estimate of drug-likeness (QED) is 0.826. The van der Waals surface area contributed by atoms with E-state index in [2.05, 4.69) is 10.3 Å². The molecule has 5 nitrogen and oxygen atoms in total. The molecule has 1 aliphatic heterocycles. The van der Waals surface area contributed by atoms with Crippen LogP contribution in [0, 0.1) is 5.92 Å². The number of carboxylic acid groups (broad SMARTS) is 1. The molecule has 1 saturated heterocycles. The fourth-order valence-corrected chi connectivity index (χ4v) is 3.51. The van der Waals surface area contributed by atoms with Gasteiger partial charge >= 0.3 is 5.97 Å². The summed E-state index contributed by atoms with van der Waals surface area (Å²) < 4.78 is 5.47. The maximum absolute atomic E-state index is 11.6. The third-order valence-electron chi connectivity index (χ3n) is 4.72. The number of ether oxygens (including phenoxy) is 1. The fraction of sp³-hybridized carbons (Fsp3) is 0.368. The number of nitrogens with one attached hydrogen (secondary N) is 1. The molecule has 0 saturated carbocycles. The summed E-state index contributed by atoms with van der Waals surface area (Å²) in [6.45, 7) is 1.85. The average molecular weight is 363 g/mol. The average Bonchev–Trinajstić information content (AvgIpc) is 3.14. The molecule has 1 aromatic carbocycles. The zero-order valence-corrected chi connectivity index (χ0v) is 15.0. The molecule has 1 aromatic heterocycles. The Balaban J connectivity index is 0.00000225. The number of hydrogen-bond acceptors (Lipinski definition) is 4. The van der Waals surface area contributed by atoms with Gasteiger partial charge in [-0.2, -0.15) is 0 Å². The number of nitrogens with zero attached hydrogens (tertiary/aromatic N) is 1. The third kappa shape index (κ3) is 4.30.